The zero-order chi connectivity index (χ0) is 12.4. The van der Waals surface area contributed by atoms with Crippen LogP contribution in [0.5, 0.6) is 0 Å². The van der Waals surface area contributed by atoms with Crippen molar-refractivity contribution in [3.05, 3.63) is 35.8 Å². The molecule has 1 saturated heterocycles. The van der Waals surface area contributed by atoms with Gasteiger partial charge in [-0.1, -0.05) is 0 Å². The van der Waals surface area contributed by atoms with Crippen LogP contribution in [0.4, 0.5) is 0 Å². The van der Waals surface area contributed by atoms with Gasteiger partial charge in [0.1, 0.15) is 5.65 Å². The highest BCUT2D eigenvalue weighted by Gasteiger charge is 2.15. The molecule has 0 radical (unpaired) electrons. The van der Waals surface area contributed by atoms with Crippen LogP contribution in [0.3, 0.4) is 0 Å². The molecule has 3 heterocycles. The number of hydrogen-bond donors (Lipinski definition) is 1. The summed E-state index contributed by atoms with van der Waals surface area (Å²) in [6.07, 6.45) is 7.54. The molecule has 0 bridgehead atoms. The summed E-state index contributed by atoms with van der Waals surface area (Å²) >= 11 is 0. The molecule has 2 aromatic heterocycles. The SMILES string of the molecule is NCc1ccn2cc(CC3CCOCC3)nc2c1. The van der Waals surface area contributed by atoms with Crippen LogP contribution in [-0.2, 0) is 17.7 Å². The van der Waals surface area contributed by atoms with Crippen LogP contribution < -0.4 is 5.73 Å². The van der Waals surface area contributed by atoms with Crippen molar-refractivity contribution in [2.24, 2.45) is 11.7 Å². The zero-order valence-corrected chi connectivity index (χ0v) is 10.5. The number of ether oxygens (including phenoxy) is 1. The van der Waals surface area contributed by atoms with E-state index in [-0.39, 0.29) is 0 Å². The van der Waals surface area contributed by atoms with Crippen LogP contribution in [0.25, 0.3) is 5.65 Å². The molecule has 0 saturated carbocycles. The Bertz CT molecular complexity index is 529. The van der Waals surface area contributed by atoms with Gasteiger partial charge in [0, 0.05) is 32.2 Å². The van der Waals surface area contributed by atoms with Crippen molar-refractivity contribution in [1.82, 2.24) is 9.38 Å². The highest BCUT2D eigenvalue weighted by Crippen LogP contribution is 2.20. The van der Waals surface area contributed by atoms with E-state index in [0.29, 0.717) is 6.54 Å². The molecule has 18 heavy (non-hydrogen) atoms. The minimum absolute atomic E-state index is 0.568. The average Bonchev–Trinajstić information content (AvgIpc) is 2.80. The molecular formula is C14H19N3O. The molecule has 3 rings (SSSR count). The van der Waals surface area contributed by atoms with E-state index in [1.165, 1.54) is 5.69 Å². The fraction of sp³-hybridized carbons (Fsp3) is 0.500. The van der Waals surface area contributed by atoms with Crippen molar-refractivity contribution in [3.63, 3.8) is 0 Å². The van der Waals surface area contributed by atoms with Gasteiger partial charge in [0.25, 0.3) is 0 Å². The number of fused-ring (bicyclic) bond motifs is 1. The fourth-order valence-corrected chi connectivity index (χ4v) is 2.55. The zero-order valence-electron chi connectivity index (χ0n) is 10.5. The number of pyridine rings is 1. The van der Waals surface area contributed by atoms with Gasteiger partial charge < -0.3 is 14.9 Å². The van der Waals surface area contributed by atoms with Gasteiger partial charge in [-0.3, -0.25) is 0 Å². The van der Waals surface area contributed by atoms with Gasteiger partial charge >= 0.3 is 0 Å². The van der Waals surface area contributed by atoms with E-state index in [9.17, 15) is 0 Å². The number of imidazole rings is 1. The Hall–Kier alpha value is -1.39. The highest BCUT2D eigenvalue weighted by molar-refractivity contribution is 5.43. The maximum absolute atomic E-state index is 5.65. The summed E-state index contributed by atoms with van der Waals surface area (Å²) in [4.78, 5) is 4.68. The Morgan fingerprint density at radius 3 is 3.00 bits per heavy atom. The minimum atomic E-state index is 0.568. The quantitative estimate of drug-likeness (QED) is 0.896. The second-order valence-electron chi connectivity index (χ2n) is 5.00. The van der Waals surface area contributed by atoms with Crippen molar-refractivity contribution in [2.75, 3.05) is 13.2 Å². The van der Waals surface area contributed by atoms with Gasteiger partial charge in [0.05, 0.1) is 5.69 Å². The Labute approximate surface area is 107 Å². The lowest BCUT2D eigenvalue weighted by Gasteiger charge is -2.20. The van der Waals surface area contributed by atoms with E-state index in [0.717, 1.165) is 49.6 Å². The predicted molar refractivity (Wildman–Crippen MR) is 70.3 cm³/mol. The molecule has 1 fully saturated rings. The summed E-state index contributed by atoms with van der Waals surface area (Å²) in [5.41, 5.74) is 8.95. The molecule has 2 aromatic rings. The summed E-state index contributed by atoms with van der Waals surface area (Å²) in [5.74, 6) is 0.720. The molecule has 0 atom stereocenters. The highest BCUT2D eigenvalue weighted by atomic mass is 16.5. The maximum atomic E-state index is 5.65. The van der Waals surface area contributed by atoms with Gasteiger partial charge in [-0.2, -0.15) is 0 Å². The van der Waals surface area contributed by atoms with E-state index < -0.39 is 0 Å². The first-order valence-corrected chi connectivity index (χ1v) is 6.59. The second-order valence-corrected chi connectivity index (χ2v) is 5.00. The van der Waals surface area contributed by atoms with Crippen LogP contribution in [0.15, 0.2) is 24.5 Å². The van der Waals surface area contributed by atoms with E-state index in [1.54, 1.807) is 0 Å². The molecule has 0 aromatic carbocycles. The molecule has 0 aliphatic carbocycles. The molecule has 2 N–H and O–H groups in total. The van der Waals surface area contributed by atoms with Crippen molar-refractivity contribution in [3.8, 4) is 0 Å². The minimum Gasteiger partial charge on any atom is -0.381 e. The summed E-state index contributed by atoms with van der Waals surface area (Å²) in [5, 5.41) is 0. The Morgan fingerprint density at radius 2 is 2.22 bits per heavy atom. The van der Waals surface area contributed by atoms with Gasteiger partial charge in [-0.15, -0.1) is 0 Å². The van der Waals surface area contributed by atoms with E-state index in [1.807, 2.05) is 12.3 Å². The lowest BCUT2D eigenvalue weighted by atomic mass is 9.95. The number of nitrogens with two attached hydrogens (primary N) is 1. The Balaban J connectivity index is 1.79. The van der Waals surface area contributed by atoms with Crippen molar-refractivity contribution < 1.29 is 4.74 Å². The monoisotopic (exact) mass is 245 g/mol. The summed E-state index contributed by atoms with van der Waals surface area (Å²) in [6, 6.07) is 4.11. The van der Waals surface area contributed by atoms with Crippen molar-refractivity contribution in [2.45, 2.75) is 25.8 Å². The summed E-state index contributed by atoms with van der Waals surface area (Å²) < 4.78 is 7.46. The number of nitrogens with zero attached hydrogens (tertiary/aromatic N) is 2. The normalized spacial score (nSPS) is 17.4. The number of hydrogen-bond acceptors (Lipinski definition) is 3. The molecule has 4 heteroatoms. The third kappa shape index (κ3) is 2.40. The molecule has 0 spiro atoms. The lowest BCUT2D eigenvalue weighted by Crippen LogP contribution is -2.17. The first-order valence-electron chi connectivity index (χ1n) is 6.59. The first kappa shape index (κ1) is 11.7. The third-order valence-electron chi connectivity index (χ3n) is 3.65. The standard InChI is InChI=1S/C14H19N3O/c15-9-12-1-4-17-10-13(16-14(17)8-12)7-11-2-5-18-6-3-11/h1,4,8,10-11H,2-3,5-7,9,15H2. The Morgan fingerprint density at radius 1 is 1.39 bits per heavy atom. The van der Waals surface area contributed by atoms with Crippen LogP contribution in [0.2, 0.25) is 0 Å². The number of aromatic nitrogens is 2. The summed E-state index contributed by atoms with van der Waals surface area (Å²) in [7, 11) is 0. The van der Waals surface area contributed by atoms with Crippen LogP contribution in [0, 0.1) is 5.92 Å². The van der Waals surface area contributed by atoms with Gasteiger partial charge in [-0.05, 0) is 42.9 Å². The van der Waals surface area contributed by atoms with E-state index in [4.69, 9.17) is 10.5 Å². The molecule has 1 aliphatic heterocycles. The van der Waals surface area contributed by atoms with Gasteiger partial charge in [0.2, 0.25) is 0 Å². The molecule has 96 valence electrons. The third-order valence-corrected chi connectivity index (χ3v) is 3.65. The summed E-state index contributed by atoms with van der Waals surface area (Å²) in [6.45, 7) is 2.36. The molecule has 0 unspecified atom stereocenters. The fourth-order valence-electron chi connectivity index (χ4n) is 2.55. The second kappa shape index (κ2) is 5.08. The van der Waals surface area contributed by atoms with Crippen molar-refractivity contribution >= 4 is 5.65 Å². The molecule has 0 amide bonds. The van der Waals surface area contributed by atoms with Crippen molar-refractivity contribution in [1.29, 1.82) is 0 Å². The largest absolute Gasteiger partial charge is 0.381 e. The van der Waals surface area contributed by atoms with Crippen LogP contribution >= 0.6 is 0 Å². The smallest absolute Gasteiger partial charge is 0.137 e. The molecular weight excluding hydrogens is 226 g/mol. The molecule has 4 nitrogen and oxygen atoms in total. The first-order chi connectivity index (χ1) is 8.85. The van der Waals surface area contributed by atoms with Gasteiger partial charge in [-0.25, -0.2) is 4.98 Å². The van der Waals surface area contributed by atoms with Gasteiger partial charge in [0.15, 0.2) is 0 Å². The Kier molecular flexibility index (Phi) is 3.30. The van der Waals surface area contributed by atoms with E-state index in [2.05, 4.69) is 21.6 Å². The average molecular weight is 245 g/mol. The predicted octanol–water partition coefficient (Wildman–Crippen LogP) is 1.76. The lowest BCUT2D eigenvalue weighted by molar-refractivity contribution is 0.0663. The van der Waals surface area contributed by atoms with E-state index >= 15 is 0 Å². The number of rotatable bonds is 3. The topological polar surface area (TPSA) is 52.5 Å². The molecule has 1 aliphatic rings. The van der Waals surface area contributed by atoms with Crippen LogP contribution in [0.1, 0.15) is 24.1 Å². The van der Waals surface area contributed by atoms with Crippen LogP contribution in [-0.4, -0.2) is 22.6 Å². The maximum Gasteiger partial charge on any atom is 0.137 e.